The molecule has 1 aromatic carbocycles. The van der Waals surface area contributed by atoms with Crippen molar-refractivity contribution in [1.82, 2.24) is 30.1 Å². The molecule has 6 aromatic rings. The standard InChI is InChI=1S/C30H27N7/c1-3-4-5-19(2)34-23-14-22(17-32-18-23)21-6-7-27-24(15-21)30(37-36-27)28-16-25-26(35-28)10-13-33-29(25)20-8-11-31-12-9-20/h6-18,34-35H,2-5H2,1H3,(H,36,37). The summed E-state index contributed by atoms with van der Waals surface area (Å²) in [5.74, 6) is 0. The Morgan fingerprint density at radius 2 is 1.70 bits per heavy atom. The molecule has 5 aromatic heterocycles. The number of unbranched alkanes of at least 4 members (excludes halogenated alkanes) is 1. The van der Waals surface area contributed by atoms with Crippen molar-refractivity contribution in [2.75, 3.05) is 5.32 Å². The van der Waals surface area contributed by atoms with E-state index in [1.807, 2.05) is 36.8 Å². The molecule has 0 aliphatic rings. The average molecular weight is 486 g/mol. The van der Waals surface area contributed by atoms with Crippen molar-refractivity contribution in [2.45, 2.75) is 26.2 Å². The Balaban J connectivity index is 1.37. The van der Waals surface area contributed by atoms with Gasteiger partial charge in [-0.3, -0.25) is 20.1 Å². The van der Waals surface area contributed by atoms with Crippen LogP contribution in [0, 0.1) is 0 Å². The Bertz CT molecular complexity index is 1710. The number of fused-ring (bicyclic) bond motifs is 2. The quantitative estimate of drug-likeness (QED) is 0.209. The Morgan fingerprint density at radius 3 is 2.57 bits per heavy atom. The van der Waals surface area contributed by atoms with Crippen LogP contribution in [0.5, 0.6) is 0 Å². The van der Waals surface area contributed by atoms with Crippen LogP contribution in [0.15, 0.2) is 91.8 Å². The lowest BCUT2D eigenvalue weighted by Crippen LogP contribution is -1.98. The molecule has 7 heteroatoms. The molecule has 0 spiro atoms. The first kappa shape index (κ1) is 22.7. The summed E-state index contributed by atoms with van der Waals surface area (Å²) in [5, 5.41) is 13.3. The summed E-state index contributed by atoms with van der Waals surface area (Å²) in [7, 11) is 0. The van der Waals surface area contributed by atoms with Gasteiger partial charge in [0.05, 0.1) is 28.8 Å². The predicted octanol–water partition coefficient (Wildman–Crippen LogP) is 7.35. The van der Waals surface area contributed by atoms with E-state index in [1.54, 1.807) is 12.4 Å². The van der Waals surface area contributed by atoms with Crippen molar-refractivity contribution >= 4 is 27.5 Å². The smallest absolute Gasteiger partial charge is 0.116 e. The summed E-state index contributed by atoms with van der Waals surface area (Å²) in [5.41, 5.74) is 9.77. The highest BCUT2D eigenvalue weighted by Gasteiger charge is 2.15. The van der Waals surface area contributed by atoms with E-state index in [-0.39, 0.29) is 0 Å². The van der Waals surface area contributed by atoms with Gasteiger partial charge >= 0.3 is 0 Å². The zero-order chi connectivity index (χ0) is 25.2. The number of aromatic amines is 2. The lowest BCUT2D eigenvalue weighted by atomic mass is 10.0. The van der Waals surface area contributed by atoms with E-state index in [4.69, 9.17) is 0 Å². The molecular weight excluding hydrogens is 458 g/mol. The number of pyridine rings is 3. The van der Waals surface area contributed by atoms with E-state index < -0.39 is 0 Å². The van der Waals surface area contributed by atoms with Crippen LogP contribution in [0.4, 0.5) is 5.69 Å². The number of benzene rings is 1. The lowest BCUT2D eigenvalue weighted by Gasteiger charge is -2.10. The van der Waals surface area contributed by atoms with Gasteiger partial charge in [-0.1, -0.05) is 26.0 Å². The zero-order valence-electron chi connectivity index (χ0n) is 20.6. The second-order valence-electron chi connectivity index (χ2n) is 9.17. The summed E-state index contributed by atoms with van der Waals surface area (Å²) in [6.45, 7) is 6.33. The van der Waals surface area contributed by atoms with Crippen molar-refractivity contribution in [3.05, 3.63) is 91.8 Å². The molecule has 0 fully saturated rings. The first-order chi connectivity index (χ1) is 18.2. The van der Waals surface area contributed by atoms with Crippen molar-refractivity contribution in [2.24, 2.45) is 0 Å². The SMILES string of the molecule is C=C(CCCC)Nc1cncc(-c2ccc3[nH]nc(-c4cc5c(-c6ccncc6)nccc5[nH]4)c3c2)c1. The van der Waals surface area contributed by atoms with Gasteiger partial charge in [0.15, 0.2) is 0 Å². The number of nitrogens with one attached hydrogen (secondary N) is 3. The Hall–Kier alpha value is -4.78. The van der Waals surface area contributed by atoms with Gasteiger partial charge in [-0.2, -0.15) is 5.10 Å². The molecule has 0 aliphatic heterocycles. The minimum absolute atomic E-state index is 0.865. The molecule has 0 saturated carbocycles. The van der Waals surface area contributed by atoms with E-state index in [0.29, 0.717) is 0 Å². The molecule has 0 saturated heterocycles. The topological polar surface area (TPSA) is 95.2 Å². The second kappa shape index (κ2) is 9.70. The first-order valence-electron chi connectivity index (χ1n) is 12.5. The number of hydrogen-bond donors (Lipinski definition) is 3. The summed E-state index contributed by atoms with van der Waals surface area (Å²) in [6.07, 6.45) is 12.3. The lowest BCUT2D eigenvalue weighted by molar-refractivity contribution is 0.791. The molecular formula is C30H27N7. The summed E-state index contributed by atoms with van der Waals surface area (Å²) in [4.78, 5) is 16.8. The van der Waals surface area contributed by atoms with Gasteiger partial charge in [0.25, 0.3) is 0 Å². The molecule has 0 radical (unpaired) electrons. The van der Waals surface area contributed by atoms with Crippen molar-refractivity contribution < 1.29 is 0 Å². The van der Waals surface area contributed by atoms with E-state index in [2.05, 4.69) is 79.3 Å². The van der Waals surface area contributed by atoms with Crippen LogP contribution in [0.2, 0.25) is 0 Å². The maximum atomic E-state index is 4.66. The van der Waals surface area contributed by atoms with E-state index in [1.165, 1.54) is 0 Å². The number of allylic oxidation sites excluding steroid dienone is 1. The van der Waals surface area contributed by atoms with E-state index in [9.17, 15) is 0 Å². The Labute approximate surface area is 214 Å². The van der Waals surface area contributed by atoms with Crippen molar-refractivity contribution in [1.29, 1.82) is 0 Å². The minimum Gasteiger partial charge on any atom is -0.358 e. The number of aromatic nitrogens is 6. The monoisotopic (exact) mass is 485 g/mol. The third kappa shape index (κ3) is 4.47. The molecule has 0 aliphatic carbocycles. The predicted molar refractivity (Wildman–Crippen MR) is 150 cm³/mol. The largest absolute Gasteiger partial charge is 0.358 e. The van der Waals surface area contributed by atoms with Gasteiger partial charge in [-0.15, -0.1) is 0 Å². The van der Waals surface area contributed by atoms with Crippen molar-refractivity contribution in [3.8, 4) is 33.8 Å². The van der Waals surface area contributed by atoms with Gasteiger partial charge in [0, 0.05) is 57.9 Å². The molecule has 0 atom stereocenters. The van der Waals surface area contributed by atoms with E-state index >= 15 is 0 Å². The molecule has 6 rings (SSSR count). The molecule has 37 heavy (non-hydrogen) atoms. The number of hydrogen-bond acceptors (Lipinski definition) is 5. The normalized spacial score (nSPS) is 11.3. The number of nitrogens with zero attached hydrogens (tertiary/aromatic N) is 4. The summed E-state index contributed by atoms with van der Waals surface area (Å²) in [6, 6.07) is 16.5. The zero-order valence-corrected chi connectivity index (χ0v) is 20.6. The highest BCUT2D eigenvalue weighted by Crippen LogP contribution is 2.34. The van der Waals surface area contributed by atoms with Gasteiger partial charge < -0.3 is 10.3 Å². The number of H-pyrrole nitrogens is 2. The summed E-state index contributed by atoms with van der Waals surface area (Å²) < 4.78 is 0. The Kier molecular flexibility index (Phi) is 5.94. The van der Waals surface area contributed by atoms with Gasteiger partial charge in [0.1, 0.15) is 5.69 Å². The maximum absolute atomic E-state index is 4.66. The molecule has 7 nitrogen and oxygen atoms in total. The summed E-state index contributed by atoms with van der Waals surface area (Å²) >= 11 is 0. The third-order valence-electron chi connectivity index (χ3n) is 6.54. The molecule has 5 heterocycles. The van der Waals surface area contributed by atoms with Crippen LogP contribution in [-0.4, -0.2) is 30.1 Å². The van der Waals surface area contributed by atoms with Crippen LogP contribution in [0.1, 0.15) is 26.2 Å². The van der Waals surface area contributed by atoms with Crippen LogP contribution in [0.3, 0.4) is 0 Å². The van der Waals surface area contributed by atoms with Crippen molar-refractivity contribution in [3.63, 3.8) is 0 Å². The fourth-order valence-corrected chi connectivity index (χ4v) is 4.64. The van der Waals surface area contributed by atoms with Crippen LogP contribution >= 0.6 is 0 Å². The fourth-order valence-electron chi connectivity index (χ4n) is 4.64. The highest BCUT2D eigenvalue weighted by molar-refractivity contribution is 6.00. The maximum Gasteiger partial charge on any atom is 0.116 e. The van der Waals surface area contributed by atoms with Crippen LogP contribution < -0.4 is 5.32 Å². The third-order valence-corrected chi connectivity index (χ3v) is 6.54. The van der Waals surface area contributed by atoms with Gasteiger partial charge in [-0.05, 0) is 60.9 Å². The average Bonchev–Trinajstić information content (AvgIpc) is 3.56. The van der Waals surface area contributed by atoms with Crippen LogP contribution in [0.25, 0.3) is 55.6 Å². The Morgan fingerprint density at radius 1 is 0.838 bits per heavy atom. The number of anilines is 1. The molecule has 182 valence electrons. The minimum atomic E-state index is 0.865. The van der Waals surface area contributed by atoms with E-state index in [0.717, 1.165) is 86.2 Å². The fraction of sp³-hybridized carbons (Fsp3) is 0.133. The number of rotatable bonds is 8. The molecule has 0 amide bonds. The second-order valence-corrected chi connectivity index (χ2v) is 9.17. The molecule has 0 unspecified atom stereocenters. The molecule has 0 bridgehead atoms. The first-order valence-corrected chi connectivity index (χ1v) is 12.5. The van der Waals surface area contributed by atoms with Crippen LogP contribution in [-0.2, 0) is 0 Å². The van der Waals surface area contributed by atoms with Gasteiger partial charge in [0.2, 0.25) is 0 Å². The molecule has 3 N–H and O–H groups in total. The highest BCUT2D eigenvalue weighted by atomic mass is 15.1. The van der Waals surface area contributed by atoms with Gasteiger partial charge in [-0.25, -0.2) is 0 Å².